The molecule has 1 fully saturated rings. The topological polar surface area (TPSA) is 318 Å². The van der Waals surface area contributed by atoms with Gasteiger partial charge in [-0.25, -0.2) is 28.3 Å². The minimum absolute atomic E-state index is 0. The second kappa shape index (κ2) is 36.1. The molecule has 25 nitrogen and oxygen atoms in total. The fourth-order valence-corrected chi connectivity index (χ4v) is 8.09. The molecule has 0 saturated carbocycles. The summed E-state index contributed by atoms with van der Waals surface area (Å²) in [7, 11) is -0.406. The van der Waals surface area contributed by atoms with Crippen LogP contribution in [0.1, 0.15) is 120 Å². The second-order valence-electron chi connectivity index (χ2n) is 18.0. The smallest absolute Gasteiger partial charge is 0.870 e. The zero-order valence-electron chi connectivity index (χ0n) is 47.7. The van der Waals surface area contributed by atoms with Crippen molar-refractivity contribution < 1.29 is 86.1 Å². The number of hydrogen-bond donors (Lipinski definition) is 1. The van der Waals surface area contributed by atoms with E-state index < -0.39 is 11.9 Å². The molecule has 0 spiro atoms. The van der Waals surface area contributed by atoms with Gasteiger partial charge < -0.3 is 43.2 Å². The van der Waals surface area contributed by atoms with E-state index in [4.69, 9.17) is 37.8 Å². The number of aromatic carboxylic acids is 1. The average molecular weight is 1170 g/mol. The Kier molecular flexibility index (Phi) is 31.5. The molecule has 426 valence electrons. The van der Waals surface area contributed by atoms with Gasteiger partial charge in [0.25, 0.3) is 0 Å². The molecule has 9 rings (SSSR count). The third kappa shape index (κ3) is 23.4. The van der Waals surface area contributed by atoms with E-state index in [-0.39, 0.29) is 87.8 Å². The number of carbonyl (C=O) groups excluding carboxylic acids is 4. The summed E-state index contributed by atoms with van der Waals surface area (Å²) in [5.41, 5.74) is 6.78. The summed E-state index contributed by atoms with van der Waals surface area (Å²) < 4.78 is 40.7. The van der Waals surface area contributed by atoms with Crippen molar-refractivity contribution in [1.82, 2.24) is 54.8 Å². The van der Waals surface area contributed by atoms with E-state index >= 15 is 0 Å². The molecule has 6 aromatic heterocycles. The molecular weight excluding hydrogens is 1100 g/mol. The standard InChI is InChI=1S/C10H15N3O2.C10H11N3O2.C10H13NO2.C9H10BrNO2.C8H11N3O2.C3H9B3O3.Li.H2O/c2*1-3-15-10(14)9-8-6-7(2)4-5-13(8)12-11-9;1-3-13-10(12)7-9-6-8(2)4-5-11-9;1-2-13-9(12)6-8-5-7(10)3-4-11-8;1-5-2-3-11-6(4-5)7(8(12)13)9-10-11;1-4-7-5(2)9-6(3)8-4;;/h7H,3-6H2,1-2H3;4-6H,3H2,1-2H3;4-6H,3,7H2,1-2H3;3-5H,2,6H2,1H3;5H,2-4H2,1H3,(H,12,13);1-3H3;;1H2/q;;;;;;+1;/p-1. The van der Waals surface area contributed by atoms with Gasteiger partial charge in [0.05, 0.1) is 62.0 Å². The predicted molar refractivity (Wildman–Crippen MR) is 293 cm³/mol. The van der Waals surface area contributed by atoms with Crippen LogP contribution in [0.25, 0.3) is 5.52 Å². The van der Waals surface area contributed by atoms with E-state index in [1.165, 1.54) is 0 Å². The summed E-state index contributed by atoms with van der Waals surface area (Å²) in [4.78, 5) is 64.0. The zero-order valence-corrected chi connectivity index (χ0v) is 49.2. The molecule has 0 radical (unpaired) electrons. The fraction of sp³-hybridized carbons (Fsp3) is 0.500. The van der Waals surface area contributed by atoms with E-state index in [2.05, 4.69) is 70.7 Å². The molecule has 0 aliphatic carbocycles. The molecule has 3 aliphatic rings. The van der Waals surface area contributed by atoms with Crippen molar-refractivity contribution in [3.05, 3.63) is 110 Å². The maximum absolute atomic E-state index is 11.5. The number of aromatic nitrogens is 11. The van der Waals surface area contributed by atoms with Crippen LogP contribution in [0.3, 0.4) is 0 Å². The van der Waals surface area contributed by atoms with Crippen LogP contribution in [0.4, 0.5) is 0 Å². The number of carboxylic acids is 1. The zero-order chi connectivity index (χ0) is 57.3. The van der Waals surface area contributed by atoms with Gasteiger partial charge in [0, 0.05) is 36.2 Å². The SMILES string of the molecule is CB1OB(C)OB(C)O1.CC1CCn2nnc(C(=O)O)c2C1.CCOC(=O)Cc1cc(Br)ccn1.CCOC(=O)Cc1cc(C)ccn1.CCOC(=O)c1nnn2c1CC(C)CC2.CCOC(=O)c1nnn2ccc(C)cc12.[Li+].[OH-]. The van der Waals surface area contributed by atoms with E-state index in [1.807, 2.05) is 69.3 Å². The van der Waals surface area contributed by atoms with Crippen LogP contribution in [0.15, 0.2) is 59.5 Å². The quantitative estimate of drug-likeness (QED) is 0.110. The Morgan fingerprint density at radius 3 is 1.55 bits per heavy atom. The van der Waals surface area contributed by atoms with Gasteiger partial charge in [0.2, 0.25) is 0 Å². The number of carboxylic acid groups (broad SMARTS) is 1. The molecule has 2 N–H and O–H groups in total. The fourth-order valence-electron chi connectivity index (χ4n) is 7.71. The molecular formula is C50H70B3BrLiN11O14. The molecule has 0 aromatic carbocycles. The number of esters is 4. The molecule has 0 bridgehead atoms. The summed E-state index contributed by atoms with van der Waals surface area (Å²) in [6.07, 6.45) is 9.38. The van der Waals surface area contributed by atoms with E-state index in [0.29, 0.717) is 55.2 Å². The molecule has 2 unspecified atom stereocenters. The third-order valence-electron chi connectivity index (χ3n) is 11.3. The van der Waals surface area contributed by atoms with Crippen LogP contribution in [-0.4, -0.2) is 143 Å². The third-order valence-corrected chi connectivity index (χ3v) is 11.8. The van der Waals surface area contributed by atoms with Gasteiger partial charge >= 0.3 is 70.1 Å². The maximum Gasteiger partial charge on any atom is 1.00 e. The summed E-state index contributed by atoms with van der Waals surface area (Å²) in [5, 5.41) is 31.7. The van der Waals surface area contributed by atoms with Crippen molar-refractivity contribution in [2.45, 2.75) is 127 Å². The monoisotopic (exact) mass is 1170 g/mol. The van der Waals surface area contributed by atoms with Gasteiger partial charge in [-0.2, -0.15) is 0 Å². The molecule has 2 atom stereocenters. The summed E-state index contributed by atoms with van der Waals surface area (Å²) in [6, 6.07) is 11.2. The van der Waals surface area contributed by atoms with Crippen LogP contribution in [0.2, 0.25) is 20.5 Å². The number of halogens is 1. The summed E-state index contributed by atoms with van der Waals surface area (Å²) in [6.45, 7) is 24.1. The minimum Gasteiger partial charge on any atom is -0.870 e. The molecule has 0 amide bonds. The number of hydrogen-bond acceptors (Lipinski definition) is 21. The van der Waals surface area contributed by atoms with Gasteiger partial charge in [-0.1, -0.05) is 45.4 Å². The Morgan fingerprint density at radius 2 is 1.07 bits per heavy atom. The van der Waals surface area contributed by atoms with Gasteiger partial charge in [-0.3, -0.25) is 19.6 Å². The summed E-state index contributed by atoms with van der Waals surface area (Å²) in [5.74, 6) is -1.11. The molecule has 3 aliphatic heterocycles. The normalized spacial score (nSPS) is 14.6. The van der Waals surface area contributed by atoms with Crippen molar-refractivity contribution in [2.75, 3.05) is 26.4 Å². The maximum atomic E-state index is 11.5. The number of carbonyl (C=O) groups is 5. The van der Waals surface area contributed by atoms with Crippen molar-refractivity contribution >= 4 is 72.6 Å². The van der Waals surface area contributed by atoms with Crippen molar-refractivity contribution in [2.24, 2.45) is 11.8 Å². The first kappa shape index (κ1) is 69.8. The average Bonchev–Trinajstić information content (AvgIpc) is 4.13. The molecule has 30 heteroatoms. The number of ether oxygens (including phenoxy) is 4. The number of aryl methyl sites for hydroxylation is 4. The Morgan fingerprint density at radius 1 is 0.637 bits per heavy atom. The number of rotatable bonds is 11. The van der Waals surface area contributed by atoms with Gasteiger partial charge in [-0.15, -0.1) is 15.3 Å². The largest absolute Gasteiger partial charge is 1.00 e. The summed E-state index contributed by atoms with van der Waals surface area (Å²) >= 11 is 3.30. The van der Waals surface area contributed by atoms with Gasteiger partial charge in [0.1, 0.15) is 5.52 Å². The van der Waals surface area contributed by atoms with Crippen molar-refractivity contribution in [3.63, 3.8) is 0 Å². The molecule has 9 heterocycles. The molecule has 1 saturated heterocycles. The van der Waals surface area contributed by atoms with Crippen LogP contribution in [0.5, 0.6) is 0 Å². The van der Waals surface area contributed by atoms with E-state index in [9.17, 15) is 24.0 Å². The number of nitrogens with zero attached hydrogens (tertiary/aromatic N) is 11. The Bertz CT molecular complexity index is 2810. The Labute approximate surface area is 487 Å². The van der Waals surface area contributed by atoms with Crippen LogP contribution < -0.4 is 18.9 Å². The van der Waals surface area contributed by atoms with Crippen LogP contribution in [-0.2, 0) is 81.0 Å². The second-order valence-corrected chi connectivity index (χ2v) is 18.9. The van der Waals surface area contributed by atoms with Crippen molar-refractivity contribution in [3.8, 4) is 0 Å². The van der Waals surface area contributed by atoms with Crippen LogP contribution >= 0.6 is 15.9 Å². The molecule has 6 aromatic rings. The van der Waals surface area contributed by atoms with Crippen LogP contribution in [0, 0.1) is 25.7 Å². The Balaban J connectivity index is 0.000000328. The first-order valence-electron chi connectivity index (χ1n) is 25.8. The first-order valence-corrected chi connectivity index (χ1v) is 26.6. The predicted octanol–water partition coefficient (Wildman–Crippen LogP) is 3.49. The van der Waals surface area contributed by atoms with E-state index in [0.717, 1.165) is 71.5 Å². The van der Waals surface area contributed by atoms with Crippen molar-refractivity contribution in [1.29, 1.82) is 0 Å². The minimum atomic E-state index is -0.977. The van der Waals surface area contributed by atoms with Gasteiger partial charge in [0.15, 0.2) is 17.1 Å². The number of pyridine rings is 3. The number of fused-ring (bicyclic) bond motifs is 3. The first-order chi connectivity index (χ1) is 37.2. The van der Waals surface area contributed by atoms with Gasteiger partial charge in [-0.05, 0) is 147 Å². The molecule has 80 heavy (non-hydrogen) atoms. The van der Waals surface area contributed by atoms with E-state index in [1.54, 1.807) is 61.5 Å². The Hall–Kier alpha value is -6.34.